The zero-order valence-corrected chi connectivity index (χ0v) is 11.3. The lowest BCUT2D eigenvalue weighted by molar-refractivity contribution is 1.08. The third-order valence-electron chi connectivity index (χ3n) is 3.08. The number of para-hydroxylation sites is 1. The summed E-state index contributed by atoms with van der Waals surface area (Å²) < 4.78 is 2.01. The molecule has 1 aromatic carbocycles. The molecule has 1 atom stereocenters. The minimum Gasteiger partial charge on any atom is -0.341 e. The smallest absolute Gasteiger partial charge is 0.138 e. The Morgan fingerprint density at radius 2 is 2.00 bits per heavy atom. The van der Waals surface area contributed by atoms with Crippen LogP contribution in [0.4, 0.5) is 11.5 Å². The van der Waals surface area contributed by atoms with Crippen molar-refractivity contribution < 1.29 is 0 Å². The molecule has 0 spiro atoms. The molecule has 3 rings (SSSR count). The zero-order chi connectivity index (χ0) is 13.2. The Hall–Kier alpha value is -2.00. The van der Waals surface area contributed by atoms with E-state index < -0.39 is 0 Å². The highest BCUT2D eigenvalue weighted by Crippen LogP contribution is 2.29. The van der Waals surface area contributed by atoms with E-state index in [2.05, 4.69) is 10.3 Å². The van der Waals surface area contributed by atoms with Gasteiger partial charge in [-0.2, -0.15) is 0 Å². The summed E-state index contributed by atoms with van der Waals surface area (Å²) in [5, 5.41) is 3.39. The standard InChI is InChI=1S/C15H14ClN3/c1-11(16)12-5-2-3-6-13(12)18-15-8-4-7-14-17-9-10-19(14)15/h2-11,18H,1H3. The highest BCUT2D eigenvalue weighted by atomic mass is 35.5. The molecule has 0 fully saturated rings. The molecule has 1 N–H and O–H groups in total. The number of fused-ring (bicyclic) bond motifs is 1. The lowest BCUT2D eigenvalue weighted by Gasteiger charge is -2.14. The van der Waals surface area contributed by atoms with E-state index in [-0.39, 0.29) is 5.38 Å². The molecule has 0 saturated carbocycles. The molecule has 0 aliphatic heterocycles. The van der Waals surface area contributed by atoms with Crippen molar-refractivity contribution in [3.63, 3.8) is 0 Å². The first-order chi connectivity index (χ1) is 9.25. The first-order valence-corrected chi connectivity index (χ1v) is 6.61. The molecule has 0 saturated heterocycles. The number of aromatic nitrogens is 2. The van der Waals surface area contributed by atoms with Crippen molar-refractivity contribution in [2.24, 2.45) is 0 Å². The second kappa shape index (κ2) is 4.94. The van der Waals surface area contributed by atoms with Gasteiger partial charge < -0.3 is 5.32 Å². The van der Waals surface area contributed by atoms with E-state index in [1.807, 2.05) is 60.0 Å². The summed E-state index contributed by atoms with van der Waals surface area (Å²) in [6.07, 6.45) is 3.72. The predicted octanol–water partition coefficient (Wildman–Crippen LogP) is 4.38. The number of nitrogens with zero attached hydrogens (tertiary/aromatic N) is 2. The van der Waals surface area contributed by atoms with Gasteiger partial charge in [-0.25, -0.2) is 4.98 Å². The van der Waals surface area contributed by atoms with E-state index in [0.717, 1.165) is 22.7 Å². The number of benzene rings is 1. The van der Waals surface area contributed by atoms with E-state index in [1.165, 1.54) is 0 Å². The van der Waals surface area contributed by atoms with Crippen LogP contribution in [0, 0.1) is 0 Å². The number of hydrogen-bond donors (Lipinski definition) is 1. The van der Waals surface area contributed by atoms with Gasteiger partial charge in [0.25, 0.3) is 0 Å². The van der Waals surface area contributed by atoms with Crippen molar-refractivity contribution in [2.45, 2.75) is 12.3 Å². The van der Waals surface area contributed by atoms with Gasteiger partial charge in [0.15, 0.2) is 0 Å². The molecule has 0 amide bonds. The molecule has 96 valence electrons. The van der Waals surface area contributed by atoms with Gasteiger partial charge in [0.1, 0.15) is 11.5 Å². The number of alkyl halides is 1. The average Bonchev–Trinajstić information content (AvgIpc) is 2.88. The van der Waals surface area contributed by atoms with Gasteiger partial charge >= 0.3 is 0 Å². The fraction of sp³-hybridized carbons (Fsp3) is 0.133. The third kappa shape index (κ3) is 2.29. The maximum absolute atomic E-state index is 6.21. The van der Waals surface area contributed by atoms with Crippen LogP contribution in [0.3, 0.4) is 0 Å². The van der Waals surface area contributed by atoms with E-state index in [0.29, 0.717) is 0 Å². The summed E-state index contributed by atoms with van der Waals surface area (Å²) in [4.78, 5) is 4.28. The fourth-order valence-corrected chi connectivity index (χ4v) is 2.34. The van der Waals surface area contributed by atoms with Crippen molar-refractivity contribution in [1.29, 1.82) is 0 Å². The van der Waals surface area contributed by atoms with Crippen molar-refractivity contribution >= 4 is 28.8 Å². The normalized spacial score (nSPS) is 12.5. The van der Waals surface area contributed by atoms with Crippen LogP contribution >= 0.6 is 11.6 Å². The van der Waals surface area contributed by atoms with Gasteiger partial charge in [0.05, 0.1) is 5.38 Å². The van der Waals surface area contributed by atoms with Gasteiger partial charge in [-0.1, -0.05) is 24.3 Å². The quantitative estimate of drug-likeness (QED) is 0.717. The number of rotatable bonds is 3. The Kier molecular flexibility index (Phi) is 3.13. The average molecular weight is 272 g/mol. The molecule has 19 heavy (non-hydrogen) atoms. The van der Waals surface area contributed by atoms with Gasteiger partial charge in [0.2, 0.25) is 0 Å². The monoisotopic (exact) mass is 271 g/mol. The number of imidazole rings is 1. The van der Waals surface area contributed by atoms with Crippen LogP contribution in [0.15, 0.2) is 54.9 Å². The number of pyridine rings is 1. The minimum absolute atomic E-state index is 0.0364. The van der Waals surface area contributed by atoms with Crippen LogP contribution in [0.5, 0.6) is 0 Å². The molecule has 0 bridgehead atoms. The van der Waals surface area contributed by atoms with Crippen molar-refractivity contribution in [3.8, 4) is 0 Å². The molecule has 3 aromatic rings. The summed E-state index contributed by atoms with van der Waals surface area (Å²) >= 11 is 6.21. The van der Waals surface area contributed by atoms with E-state index in [4.69, 9.17) is 11.6 Å². The number of nitrogens with one attached hydrogen (secondary N) is 1. The molecular formula is C15H14ClN3. The predicted molar refractivity (Wildman–Crippen MR) is 79.2 cm³/mol. The number of halogens is 1. The van der Waals surface area contributed by atoms with E-state index in [1.54, 1.807) is 6.20 Å². The van der Waals surface area contributed by atoms with Crippen LogP contribution in [0.25, 0.3) is 5.65 Å². The lowest BCUT2D eigenvalue weighted by atomic mass is 10.1. The van der Waals surface area contributed by atoms with E-state index in [9.17, 15) is 0 Å². The molecule has 0 aliphatic rings. The van der Waals surface area contributed by atoms with Crippen LogP contribution in [-0.2, 0) is 0 Å². The van der Waals surface area contributed by atoms with Crippen LogP contribution in [0.1, 0.15) is 17.9 Å². The zero-order valence-electron chi connectivity index (χ0n) is 10.5. The third-order valence-corrected chi connectivity index (χ3v) is 3.32. The highest BCUT2D eigenvalue weighted by Gasteiger charge is 2.08. The van der Waals surface area contributed by atoms with Gasteiger partial charge in [-0.3, -0.25) is 4.40 Å². The van der Waals surface area contributed by atoms with Crippen LogP contribution in [-0.4, -0.2) is 9.38 Å². The Morgan fingerprint density at radius 1 is 1.16 bits per heavy atom. The maximum Gasteiger partial charge on any atom is 0.138 e. The molecule has 0 aliphatic carbocycles. The molecule has 4 heteroatoms. The van der Waals surface area contributed by atoms with Crippen molar-refractivity contribution in [2.75, 3.05) is 5.32 Å². The summed E-state index contributed by atoms with van der Waals surface area (Å²) in [5.74, 6) is 0.972. The SMILES string of the molecule is CC(Cl)c1ccccc1Nc1cccc2nccn12. The van der Waals surface area contributed by atoms with Crippen molar-refractivity contribution in [1.82, 2.24) is 9.38 Å². The second-order valence-electron chi connectivity index (χ2n) is 4.39. The molecule has 1 unspecified atom stereocenters. The molecule has 0 radical (unpaired) electrons. The largest absolute Gasteiger partial charge is 0.341 e. The molecule has 2 aromatic heterocycles. The topological polar surface area (TPSA) is 29.3 Å². The van der Waals surface area contributed by atoms with Crippen molar-refractivity contribution in [3.05, 3.63) is 60.4 Å². The lowest BCUT2D eigenvalue weighted by Crippen LogP contribution is -2.00. The van der Waals surface area contributed by atoms with Crippen LogP contribution in [0.2, 0.25) is 0 Å². The van der Waals surface area contributed by atoms with Crippen LogP contribution < -0.4 is 5.32 Å². The highest BCUT2D eigenvalue weighted by molar-refractivity contribution is 6.21. The Bertz CT molecular complexity index is 703. The first-order valence-electron chi connectivity index (χ1n) is 6.18. The number of anilines is 2. The first kappa shape index (κ1) is 12.1. The maximum atomic E-state index is 6.21. The second-order valence-corrected chi connectivity index (χ2v) is 5.05. The Labute approximate surface area is 116 Å². The fourth-order valence-electron chi connectivity index (χ4n) is 2.15. The molecule has 3 nitrogen and oxygen atoms in total. The minimum atomic E-state index is -0.0364. The van der Waals surface area contributed by atoms with Gasteiger partial charge in [-0.15, -0.1) is 11.6 Å². The molecule has 2 heterocycles. The van der Waals surface area contributed by atoms with Gasteiger partial charge in [0, 0.05) is 18.1 Å². The summed E-state index contributed by atoms with van der Waals surface area (Å²) in [7, 11) is 0. The van der Waals surface area contributed by atoms with E-state index >= 15 is 0 Å². The number of hydrogen-bond acceptors (Lipinski definition) is 2. The van der Waals surface area contributed by atoms with Gasteiger partial charge in [-0.05, 0) is 30.7 Å². The summed E-state index contributed by atoms with van der Waals surface area (Å²) in [5.41, 5.74) is 3.02. The Morgan fingerprint density at radius 3 is 2.84 bits per heavy atom. The summed E-state index contributed by atoms with van der Waals surface area (Å²) in [6.45, 7) is 1.97. The summed E-state index contributed by atoms with van der Waals surface area (Å²) in [6, 6.07) is 14.0. The molecular weight excluding hydrogens is 258 g/mol. The Balaban J connectivity index is 2.04.